The zero-order valence-corrected chi connectivity index (χ0v) is 10.9. The molecule has 2 N–H and O–H groups in total. The van der Waals surface area contributed by atoms with E-state index in [2.05, 4.69) is 35.2 Å². The molecule has 2 rings (SSSR count). The van der Waals surface area contributed by atoms with E-state index >= 15 is 0 Å². The van der Waals surface area contributed by atoms with Gasteiger partial charge in [-0.15, -0.1) is 0 Å². The van der Waals surface area contributed by atoms with Gasteiger partial charge in [0.15, 0.2) is 5.16 Å². The van der Waals surface area contributed by atoms with Gasteiger partial charge in [-0.1, -0.05) is 12.1 Å². The lowest BCUT2D eigenvalue weighted by molar-refractivity contribution is 0.685. The van der Waals surface area contributed by atoms with Crippen LogP contribution in [0.1, 0.15) is 11.1 Å². The van der Waals surface area contributed by atoms with Crippen LogP contribution in [0.15, 0.2) is 34.6 Å². The minimum atomic E-state index is 0.690. The molecule has 0 saturated carbocycles. The van der Waals surface area contributed by atoms with Crippen molar-refractivity contribution in [2.24, 2.45) is 12.8 Å². The Kier molecular flexibility index (Phi) is 3.81. The highest BCUT2D eigenvalue weighted by atomic mass is 32.2. The first-order valence-corrected chi connectivity index (χ1v) is 6.34. The maximum absolute atomic E-state index is 5.55. The molecule has 0 radical (unpaired) electrons. The monoisotopic (exact) mass is 248 g/mol. The second-order valence-corrected chi connectivity index (χ2v) is 4.92. The smallest absolute Gasteiger partial charge is 0.190 e. The Morgan fingerprint density at radius 2 is 2.24 bits per heavy atom. The molecular formula is C12H16N4S. The van der Waals surface area contributed by atoms with E-state index < -0.39 is 0 Å². The third kappa shape index (κ3) is 2.87. The fraction of sp³-hybridized carbons (Fsp3) is 0.333. The molecule has 0 saturated heterocycles. The number of aromatic nitrogens is 3. The Bertz CT molecular complexity index is 507. The van der Waals surface area contributed by atoms with Crippen molar-refractivity contribution in [3.8, 4) is 0 Å². The van der Waals surface area contributed by atoms with Crippen LogP contribution in [-0.4, -0.2) is 21.3 Å². The summed E-state index contributed by atoms with van der Waals surface area (Å²) in [6, 6.07) is 6.43. The first-order valence-electron chi connectivity index (χ1n) is 5.52. The van der Waals surface area contributed by atoms with Gasteiger partial charge >= 0.3 is 0 Å². The molecule has 1 aromatic heterocycles. The molecule has 2 aromatic rings. The molecule has 90 valence electrons. The number of aryl methyl sites for hydroxylation is 2. The summed E-state index contributed by atoms with van der Waals surface area (Å²) in [5.41, 5.74) is 8.09. The molecule has 0 unspecified atom stereocenters. The highest BCUT2D eigenvalue weighted by molar-refractivity contribution is 7.99. The van der Waals surface area contributed by atoms with Gasteiger partial charge in [0.2, 0.25) is 0 Å². The highest BCUT2D eigenvalue weighted by Crippen LogP contribution is 2.28. The predicted octanol–water partition coefficient (Wildman–Crippen LogP) is 1.78. The van der Waals surface area contributed by atoms with Crippen molar-refractivity contribution in [2.45, 2.75) is 23.4 Å². The molecule has 0 fully saturated rings. The van der Waals surface area contributed by atoms with E-state index in [1.165, 1.54) is 16.0 Å². The van der Waals surface area contributed by atoms with E-state index in [4.69, 9.17) is 5.73 Å². The number of benzene rings is 1. The minimum absolute atomic E-state index is 0.690. The van der Waals surface area contributed by atoms with E-state index in [9.17, 15) is 0 Å². The average molecular weight is 248 g/mol. The average Bonchev–Trinajstić information content (AvgIpc) is 2.69. The SMILES string of the molecule is Cc1cc(CCN)ccc1Sc1ncnn1C. The van der Waals surface area contributed by atoms with Crippen LogP contribution in [0.3, 0.4) is 0 Å². The zero-order chi connectivity index (χ0) is 12.3. The lowest BCUT2D eigenvalue weighted by atomic mass is 10.1. The summed E-state index contributed by atoms with van der Waals surface area (Å²) in [6.07, 6.45) is 2.50. The van der Waals surface area contributed by atoms with Gasteiger partial charge in [-0.2, -0.15) is 5.10 Å². The topological polar surface area (TPSA) is 56.7 Å². The van der Waals surface area contributed by atoms with Crippen molar-refractivity contribution in [2.75, 3.05) is 6.54 Å². The Balaban J connectivity index is 2.19. The second-order valence-electron chi connectivity index (χ2n) is 3.91. The molecule has 4 nitrogen and oxygen atoms in total. The lowest BCUT2D eigenvalue weighted by Gasteiger charge is -2.07. The van der Waals surface area contributed by atoms with E-state index in [-0.39, 0.29) is 0 Å². The van der Waals surface area contributed by atoms with Crippen LogP contribution in [0.2, 0.25) is 0 Å². The summed E-state index contributed by atoms with van der Waals surface area (Å²) in [6.45, 7) is 2.80. The summed E-state index contributed by atoms with van der Waals surface area (Å²) in [4.78, 5) is 5.42. The van der Waals surface area contributed by atoms with Crippen molar-refractivity contribution in [1.29, 1.82) is 0 Å². The molecule has 0 aliphatic rings. The number of nitrogens with two attached hydrogens (primary N) is 1. The summed E-state index contributed by atoms with van der Waals surface area (Å²) in [7, 11) is 1.90. The van der Waals surface area contributed by atoms with Crippen molar-refractivity contribution in [3.63, 3.8) is 0 Å². The molecule has 0 aliphatic carbocycles. The van der Waals surface area contributed by atoms with Gasteiger partial charge in [0.25, 0.3) is 0 Å². The van der Waals surface area contributed by atoms with Crippen molar-refractivity contribution >= 4 is 11.8 Å². The largest absolute Gasteiger partial charge is 0.330 e. The number of rotatable bonds is 4. The third-order valence-corrected chi connectivity index (χ3v) is 3.77. The van der Waals surface area contributed by atoms with Crippen LogP contribution in [0, 0.1) is 6.92 Å². The van der Waals surface area contributed by atoms with Crippen LogP contribution >= 0.6 is 11.8 Å². The van der Waals surface area contributed by atoms with Crippen LogP contribution in [0.4, 0.5) is 0 Å². The van der Waals surface area contributed by atoms with Crippen molar-refractivity contribution in [3.05, 3.63) is 35.7 Å². The number of hydrogen-bond donors (Lipinski definition) is 1. The summed E-state index contributed by atoms with van der Waals surface area (Å²) in [5.74, 6) is 0. The predicted molar refractivity (Wildman–Crippen MR) is 69.1 cm³/mol. The first-order chi connectivity index (χ1) is 8.20. The van der Waals surface area contributed by atoms with Crippen molar-refractivity contribution < 1.29 is 0 Å². The Morgan fingerprint density at radius 1 is 1.41 bits per heavy atom. The van der Waals surface area contributed by atoms with Gasteiger partial charge in [-0.25, -0.2) is 9.67 Å². The maximum atomic E-state index is 5.55. The molecule has 0 bridgehead atoms. The highest BCUT2D eigenvalue weighted by Gasteiger charge is 2.06. The van der Waals surface area contributed by atoms with Gasteiger partial charge in [-0.05, 0) is 48.8 Å². The maximum Gasteiger partial charge on any atom is 0.190 e. The van der Waals surface area contributed by atoms with E-state index in [1.807, 2.05) is 7.05 Å². The molecular weight excluding hydrogens is 232 g/mol. The zero-order valence-electron chi connectivity index (χ0n) is 10.1. The van der Waals surface area contributed by atoms with Crippen LogP contribution in [-0.2, 0) is 13.5 Å². The van der Waals surface area contributed by atoms with Crippen LogP contribution in [0.25, 0.3) is 0 Å². The molecule has 0 spiro atoms. The van der Waals surface area contributed by atoms with Gasteiger partial charge in [0.05, 0.1) is 0 Å². The van der Waals surface area contributed by atoms with E-state index in [1.54, 1.807) is 22.8 Å². The number of nitrogens with zero attached hydrogens (tertiary/aromatic N) is 3. The molecule has 0 atom stereocenters. The van der Waals surface area contributed by atoms with E-state index in [0.717, 1.165) is 11.6 Å². The quantitative estimate of drug-likeness (QED) is 0.896. The standard InChI is InChI=1S/C12H16N4S/c1-9-7-10(5-6-13)3-4-11(9)17-12-14-8-15-16(12)2/h3-4,7-8H,5-6,13H2,1-2H3. The summed E-state index contributed by atoms with van der Waals surface area (Å²) < 4.78 is 1.78. The summed E-state index contributed by atoms with van der Waals surface area (Å²) in [5, 5.41) is 4.96. The lowest BCUT2D eigenvalue weighted by Crippen LogP contribution is -2.02. The van der Waals surface area contributed by atoms with Crippen molar-refractivity contribution in [1.82, 2.24) is 14.8 Å². The third-order valence-electron chi connectivity index (χ3n) is 2.54. The second kappa shape index (κ2) is 5.33. The Labute approximate surface area is 105 Å². The molecule has 1 heterocycles. The minimum Gasteiger partial charge on any atom is -0.330 e. The van der Waals surface area contributed by atoms with Gasteiger partial charge in [0, 0.05) is 11.9 Å². The fourth-order valence-electron chi connectivity index (χ4n) is 1.62. The van der Waals surface area contributed by atoms with Gasteiger partial charge in [-0.3, -0.25) is 0 Å². The fourth-order valence-corrected chi connectivity index (χ4v) is 2.46. The normalized spacial score (nSPS) is 10.8. The Hall–Kier alpha value is -1.33. The number of hydrogen-bond acceptors (Lipinski definition) is 4. The summed E-state index contributed by atoms with van der Waals surface area (Å²) >= 11 is 1.63. The van der Waals surface area contributed by atoms with Gasteiger partial charge < -0.3 is 5.73 Å². The van der Waals surface area contributed by atoms with Crippen LogP contribution < -0.4 is 5.73 Å². The van der Waals surface area contributed by atoms with Crippen LogP contribution in [0.5, 0.6) is 0 Å². The van der Waals surface area contributed by atoms with Gasteiger partial charge in [0.1, 0.15) is 6.33 Å². The molecule has 1 aromatic carbocycles. The molecule has 0 amide bonds. The first kappa shape index (κ1) is 12.1. The molecule has 5 heteroatoms. The van der Waals surface area contributed by atoms with E-state index in [0.29, 0.717) is 6.54 Å². The Morgan fingerprint density at radius 3 is 2.82 bits per heavy atom. The molecule has 0 aliphatic heterocycles. The molecule has 17 heavy (non-hydrogen) atoms.